The number of fused-ring (bicyclic) bond motifs is 1. The Balaban J connectivity index is 1.62. The quantitative estimate of drug-likeness (QED) is 0.933. The summed E-state index contributed by atoms with van der Waals surface area (Å²) in [6.45, 7) is 4.59. The van der Waals surface area contributed by atoms with Gasteiger partial charge in [0.2, 0.25) is 0 Å². The fraction of sp³-hybridized carbons (Fsp3) is 0.400. The Morgan fingerprint density at radius 3 is 2.90 bits per heavy atom. The minimum absolute atomic E-state index is 0.127. The lowest BCUT2D eigenvalue weighted by molar-refractivity contribution is -0.137. The van der Waals surface area contributed by atoms with Crippen molar-refractivity contribution in [3.63, 3.8) is 0 Å². The number of carbonyl (C=O) groups is 1. The van der Waals surface area contributed by atoms with Crippen LogP contribution in [0.4, 0.5) is 0 Å². The van der Waals surface area contributed by atoms with Gasteiger partial charge in [-0.1, -0.05) is 18.2 Å². The molecule has 2 heterocycles. The standard InChI is InChI=1S/C15H17NO4/c1-15(2)18-9-11(20-15)8-16-14(17)13-7-10-5-3-4-6-12(10)19-13/h3-7,11H,8-9H2,1-2H3,(H,16,17). The monoisotopic (exact) mass is 275 g/mol. The van der Waals surface area contributed by atoms with Crippen molar-refractivity contribution in [2.24, 2.45) is 0 Å². The molecular weight excluding hydrogens is 258 g/mol. The first-order chi connectivity index (χ1) is 9.53. The van der Waals surface area contributed by atoms with Gasteiger partial charge in [-0.05, 0) is 26.0 Å². The van der Waals surface area contributed by atoms with Crippen molar-refractivity contribution in [1.29, 1.82) is 0 Å². The lowest BCUT2D eigenvalue weighted by Gasteiger charge is -2.17. The molecule has 1 unspecified atom stereocenters. The van der Waals surface area contributed by atoms with Crippen LogP contribution in [0.3, 0.4) is 0 Å². The zero-order valence-corrected chi connectivity index (χ0v) is 11.5. The summed E-state index contributed by atoms with van der Waals surface area (Å²) in [5.41, 5.74) is 0.708. The van der Waals surface area contributed by atoms with Gasteiger partial charge in [-0.15, -0.1) is 0 Å². The molecule has 0 bridgehead atoms. The third-order valence-electron chi connectivity index (χ3n) is 3.21. The summed E-state index contributed by atoms with van der Waals surface area (Å²) >= 11 is 0. The number of benzene rings is 1. The Morgan fingerprint density at radius 2 is 2.20 bits per heavy atom. The molecule has 0 saturated carbocycles. The fourth-order valence-corrected chi connectivity index (χ4v) is 2.25. The van der Waals surface area contributed by atoms with E-state index in [1.54, 1.807) is 6.07 Å². The van der Waals surface area contributed by atoms with Crippen LogP contribution in [-0.2, 0) is 9.47 Å². The van der Waals surface area contributed by atoms with E-state index in [1.165, 1.54) is 0 Å². The minimum atomic E-state index is -0.575. The molecule has 3 rings (SSSR count). The number of amides is 1. The van der Waals surface area contributed by atoms with Gasteiger partial charge in [0.15, 0.2) is 11.5 Å². The first-order valence-corrected chi connectivity index (χ1v) is 6.62. The van der Waals surface area contributed by atoms with Gasteiger partial charge in [0, 0.05) is 11.9 Å². The molecule has 5 nitrogen and oxygen atoms in total. The van der Waals surface area contributed by atoms with Crippen LogP contribution in [0.5, 0.6) is 0 Å². The lowest BCUT2D eigenvalue weighted by atomic mass is 10.2. The molecule has 1 N–H and O–H groups in total. The van der Waals surface area contributed by atoms with Crippen molar-refractivity contribution in [3.05, 3.63) is 36.1 Å². The first-order valence-electron chi connectivity index (χ1n) is 6.62. The molecule has 1 saturated heterocycles. The van der Waals surface area contributed by atoms with Crippen LogP contribution in [0.1, 0.15) is 24.4 Å². The summed E-state index contributed by atoms with van der Waals surface area (Å²) in [6, 6.07) is 9.26. The van der Waals surface area contributed by atoms with Gasteiger partial charge < -0.3 is 19.2 Å². The summed E-state index contributed by atoms with van der Waals surface area (Å²) in [5, 5.41) is 3.72. The van der Waals surface area contributed by atoms with Crippen molar-refractivity contribution >= 4 is 16.9 Å². The van der Waals surface area contributed by atoms with Crippen LogP contribution in [0.25, 0.3) is 11.0 Å². The van der Waals surface area contributed by atoms with Crippen molar-refractivity contribution in [2.75, 3.05) is 13.2 Å². The molecule has 1 aliphatic heterocycles. The van der Waals surface area contributed by atoms with Gasteiger partial charge in [-0.2, -0.15) is 0 Å². The van der Waals surface area contributed by atoms with E-state index in [9.17, 15) is 4.79 Å². The predicted molar refractivity (Wildman–Crippen MR) is 73.5 cm³/mol. The zero-order valence-electron chi connectivity index (χ0n) is 11.5. The predicted octanol–water partition coefficient (Wildman–Crippen LogP) is 2.31. The van der Waals surface area contributed by atoms with Gasteiger partial charge in [0.25, 0.3) is 5.91 Å². The number of para-hydroxylation sites is 1. The second-order valence-electron chi connectivity index (χ2n) is 5.31. The molecule has 106 valence electrons. The van der Waals surface area contributed by atoms with Gasteiger partial charge in [0.05, 0.1) is 6.61 Å². The van der Waals surface area contributed by atoms with E-state index in [4.69, 9.17) is 13.9 Å². The molecule has 1 fully saturated rings. The number of nitrogens with one attached hydrogen (secondary N) is 1. The second-order valence-corrected chi connectivity index (χ2v) is 5.31. The van der Waals surface area contributed by atoms with Crippen LogP contribution in [0.2, 0.25) is 0 Å². The largest absolute Gasteiger partial charge is 0.451 e. The second kappa shape index (κ2) is 4.92. The van der Waals surface area contributed by atoms with Crippen LogP contribution in [-0.4, -0.2) is 30.9 Å². The van der Waals surface area contributed by atoms with E-state index < -0.39 is 5.79 Å². The van der Waals surface area contributed by atoms with Crippen molar-refractivity contribution in [2.45, 2.75) is 25.7 Å². The van der Waals surface area contributed by atoms with E-state index in [0.717, 1.165) is 5.39 Å². The van der Waals surface area contributed by atoms with Crippen LogP contribution < -0.4 is 5.32 Å². The Hall–Kier alpha value is -1.85. The molecule has 20 heavy (non-hydrogen) atoms. The Morgan fingerprint density at radius 1 is 1.40 bits per heavy atom. The zero-order chi connectivity index (χ0) is 14.2. The summed E-state index contributed by atoms with van der Waals surface area (Å²) in [5.74, 6) is -0.506. The highest BCUT2D eigenvalue weighted by Crippen LogP contribution is 2.22. The van der Waals surface area contributed by atoms with Gasteiger partial charge in [-0.25, -0.2) is 0 Å². The van der Waals surface area contributed by atoms with Crippen molar-refractivity contribution in [3.8, 4) is 0 Å². The third kappa shape index (κ3) is 2.69. The molecule has 1 atom stereocenters. The SMILES string of the molecule is CC1(C)OCC(CNC(=O)c2cc3ccccc3o2)O1. The van der Waals surface area contributed by atoms with Gasteiger partial charge in [0.1, 0.15) is 11.7 Å². The molecule has 0 radical (unpaired) electrons. The van der Waals surface area contributed by atoms with E-state index in [0.29, 0.717) is 24.5 Å². The normalized spacial score (nSPS) is 21.2. The molecule has 1 aliphatic rings. The Labute approximate surface area is 116 Å². The maximum atomic E-state index is 12.0. The van der Waals surface area contributed by atoms with Crippen LogP contribution in [0, 0.1) is 0 Å². The lowest BCUT2D eigenvalue weighted by Crippen LogP contribution is -2.34. The molecular formula is C15H17NO4. The molecule has 1 amide bonds. The molecule has 1 aromatic carbocycles. The van der Waals surface area contributed by atoms with Gasteiger partial charge in [-0.3, -0.25) is 4.79 Å². The summed E-state index contributed by atoms with van der Waals surface area (Å²) in [4.78, 5) is 12.0. The smallest absolute Gasteiger partial charge is 0.287 e. The molecule has 1 aromatic heterocycles. The van der Waals surface area contributed by atoms with Crippen molar-refractivity contribution < 1.29 is 18.7 Å². The van der Waals surface area contributed by atoms with Crippen LogP contribution >= 0.6 is 0 Å². The van der Waals surface area contributed by atoms with E-state index in [-0.39, 0.29) is 12.0 Å². The highest BCUT2D eigenvalue weighted by Gasteiger charge is 2.32. The summed E-state index contributed by atoms with van der Waals surface area (Å²) in [7, 11) is 0. The molecule has 5 heteroatoms. The third-order valence-corrected chi connectivity index (χ3v) is 3.21. The number of furan rings is 1. The summed E-state index contributed by atoms with van der Waals surface area (Å²) in [6.07, 6.45) is -0.127. The van der Waals surface area contributed by atoms with Crippen molar-refractivity contribution in [1.82, 2.24) is 5.32 Å². The average Bonchev–Trinajstić information content (AvgIpc) is 2.99. The Bertz CT molecular complexity index is 599. The molecule has 0 aliphatic carbocycles. The highest BCUT2D eigenvalue weighted by atomic mass is 16.7. The number of rotatable bonds is 3. The van der Waals surface area contributed by atoms with Crippen LogP contribution in [0.15, 0.2) is 34.7 Å². The number of carbonyl (C=O) groups excluding carboxylic acids is 1. The summed E-state index contributed by atoms with van der Waals surface area (Å²) < 4.78 is 16.6. The maximum Gasteiger partial charge on any atom is 0.287 e. The minimum Gasteiger partial charge on any atom is -0.451 e. The van der Waals surface area contributed by atoms with E-state index in [2.05, 4.69) is 5.32 Å². The maximum absolute atomic E-state index is 12.0. The Kier molecular flexibility index (Phi) is 3.23. The number of hydrogen-bond acceptors (Lipinski definition) is 4. The fourth-order valence-electron chi connectivity index (χ4n) is 2.25. The topological polar surface area (TPSA) is 60.7 Å². The average molecular weight is 275 g/mol. The first kappa shape index (κ1) is 13.1. The molecule has 2 aromatic rings. The number of ether oxygens (including phenoxy) is 2. The highest BCUT2D eigenvalue weighted by molar-refractivity contribution is 5.96. The van der Waals surface area contributed by atoms with Gasteiger partial charge >= 0.3 is 0 Å². The molecule has 0 spiro atoms. The van der Waals surface area contributed by atoms with E-state index in [1.807, 2.05) is 38.1 Å². The number of hydrogen-bond donors (Lipinski definition) is 1. The van der Waals surface area contributed by atoms with E-state index >= 15 is 0 Å².